The van der Waals surface area contributed by atoms with Gasteiger partial charge in [0.1, 0.15) is 0 Å². The van der Waals surface area contributed by atoms with Crippen LogP contribution < -0.4 is 0 Å². The van der Waals surface area contributed by atoms with Crippen molar-refractivity contribution in [2.24, 2.45) is 0 Å². The number of nitrogens with zero attached hydrogens (tertiary/aromatic N) is 1. The van der Waals surface area contributed by atoms with Gasteiger partial charge in [0.05, 0.1) is 11.6 Å². The Labute approximate surface area is 60.9 Å². The molecule has 0 fully saturated rings. The van der Waals surface area contributed by atoms with Crippen molar-refractivity contribution in [3.8, 4) is 6.07 Å². The quantitative estimate of drug-likeness (QED) is 0.525. The highest BCUT2D eigenvalue weighted by molar-refractivity contribution is 5.46. The van der Waals surface area contributed by atoms with E-state index in [4.69, 9.17) is 5.26 Å². The first kappa shape index (κ1) is 6.82. The minimum absolute atomic E-state index is 0.586. The molecule has 0 spiro atoms. The fourth-order valence-corrected chi connectivity index (χ4v) is 0.797. The van der Waals surface area contributed by atoms with Crippen LogP contribution in [-0.2, 0) is 0 Å². The second-order valence-electron chi connectivity index (χ2n) is 2.06. The lowest BCUT2D eigenvalue weighted by molar-refractivity contribution is 1.43. The van der Waals surface area contributed by atoms with Gasteiger partial charge < -0.3 is 0 Å². The van der Waals surface area contributed by atoms with Crippen molar-refractivity contribution >= 4 is 0 Å². The maximum Gasteiger partial charge on any atom is 0.0997 e. The molecule has 2 radical (unpaired) electrons. The van der Waals surface area contributed by atoms with Gasteiger partial charge in [0.15, 0.2) is 0 Å². The molecule has 1 rings (SSSR count). The minimum atomic E-state index is 0.586. The zero-order valence-corrected chi connectivity index (χ0v) is 5.59. The van der Waals surface area contributed by atoms with E-state index in [9.17, 15) is 0 Å². The summed E-state index contributed by atoms with van der Waals surface area (Å²) in [7, 11) is 0. The van der Waals surface area contributed by atoms with E-state index in [1.54, 1.807) is 12.1 Å². The highest BCUT2D eigenvalue weighted by Gasteiger charge is 1.97. The van der Waals surface area contributed by atoms with E-state index in [0.29, 0.717) is 5.56 Å². The van der Waals surface area contributed by atoms with E-state index in [1.165, 1.54) is 0 Å². The summed E-state index contributed by atoms with van der Waals surface area (Å²) in [5.74, 6) is 0. The Balaban J connectivity index is 3.34. The summed E-state index contributed by atoms with van der Waals surface area (Å²) in [6, 6.07) is 7.48. The van der Waals surface area contributed by atoms with Crippen molar-refractivity contribution in [3.05, 3.63) is 48.7 Å². The van der Waals surface area contributed by atoms with Crippen molar-refractivity contribution in [2.75, 3.05) is 0 Å². The van der Waals surface area contributed by atoms with Gasteiger partial charge in [-0.1, -0.05) is 18.2 Å². The zero-order valence-electron chi connectivity index (χ0n) is 5.59. The summed E-state index contributed by atoms with van der Waals surface area (Å²) in [6.45, 7) is 7.38. The van der Waals surface area contributed by atoms with Crippen LogP contribution in [0.4, 0.5) is 0 Å². The van der Waals surface area contributed by atoms with Crippen LogP contribution in [0.2, 0.25) is 0 Å². The fourth-order valence-electron chi connectivity index (χ4n) is 0.797. The Hall–Kier alpha value is -1.29. The Morgan fingerprint density at radius 3 is 2.00 bits per heavy atom. The third-order valence-corrected chi connectivity index (χ3v) is 1.35. The van der Waals surface area contributed by atoms with E-state index < -0.39 is 0 Å². The average Bonchev–Trinajstić information content (AvgIpc) is 1.88. The molecule has 1 aromatic carbocycles. The van der Waals surface area contributed by atoms with Crippen molar-refractivity contribution < 1.29 is 0 Å². The van der Waals surface area contributed by atoms with Gasteiger partial charge in [-0.15, -0.1) is 0 Å². The van der Waals surface area contributed by atoms with E-state index in [-0.39, 0.29) is 0 Å². The van der Waals surface area contributed by atoms with E-state index >= 15 is 0 Å². The van der Waals surface area contributed by atoms with E-state index in [0.717, 1.165) is 11.1 Å². The highest BCUT2D eigenvalue weighted by atomic mass is 14.2. The fraction of sp³-hybridized carbons (Fsp3) is 0. The van der Waals surface area contributed by atoms with Crippen molar-refractivity contribution in [3.63, 3.8) is 0 Å². The summed E-state index contributed by atoms with van der Waals surface area (Å²) in [6.07, 6.45) is 0. The monoisotopic (exact) mass is 129 g/mol. The van der Waals surface area contributed by atoms with Crippen LogP contribution in [0.5, 0.6) is 0 Å². The molecule has 0 saturated carbocycles. The minimum Gasteiger partial charge on any atom is -0.192 e. The molecule has 0 heterocycles. The van der Waals surface area contributed by atoms with Crippen LogP contribution in [0.15, 0.2) is 18.2 Å². The number of benzene rings is 1. The van der Waals surface area contributed by atoms with E-state index in [2.05, 4.69) is 13.8 Å². The molecule has 0 amide bonds. The van der Waals surface area contributed by atoms with Crippen LogP contribution in [0, 0.1) is 25.2 Å². The standard InChI is InChI=1S/C9H7N/c1-7-4-3-5-8(2)9(7)6-10/h3-5H,1-2H2. The highest BCUT2D eigenvalue weighted by Crippen LogP contribution is 2.10. The molecule has 0 atom stereocenters. The molecule has 0 aliphatic rings. The molecule has 0 saturated heterocycles. The summed E-state index contributed by atoms with van der Waals surface area (Å²) in [4.78, 5) is 0. The van der Waals surface area contributed by atoms with Crippen molar-refractivity contribution in [1.29, 1.82) is 5.26 Å². The average molecular weight is 129 g/mol. The lowest BCUT2D eigenvalue weighted by Gasteiger charge is -1.97. The summed E-state index contributed by atoms with van der Waals surface area (Å²) >= 11 is 0. The van der Waals surface area contributed by atoms with Gasteiger partial charge in [-0.25, -0.2) is 0 Å². The molecule has 0 bridgehead atoms. The van der Waals surface area contributed by atoms with Gasteiger partial charge in [0, 0.05) is 0 Å². The van der Waals surface area contributed by atoms with Crippen LogP contribution in [-0.4, -0.2) is 0 Å². The predicted molar refractivity (Wildman–Crippen MR) is 40.1 cm³/mol. The molecule has 0 aromatic heterocycles. The topological polar surface area (TPSA) is 23.8 Å². The largest absolute Gasteiger partial charge is 0.192 e. The second-order valence-corrected chi connectivity index (χ2v) is 2.06. The van der Waals surface area contributed by atoms with Crippen molar-refractivity contribution in [1.82, 2.24) is 0 Å². The SMILES string of the molecule is [CH2]c1cccc([CH2])c1C#N. The van der Waals surface area contributed by atoms with Crippen molar-refractivity contribution in [2.45, 2.75) is 0 Å². The molecule has 10 heavy (non-hydrogen) atoms. The molecule has 1 heteroatoms. The first-order chi connectivity index (χ1) is 4.75. The first-order valence-corrected chi connectivity index (χ1v) is 2.92. The van der Waals surface area contributed by atoms with Crippen LogP contribution in [0.25, 0.3) is 0 Å². The smallest absolute Gasteiger partial charge is 0.0997 e. The molecule has 48 valence electrons. The predicted octanol–water partition coefficient (Wildman–Crippen LogP) is 1.92. The van der Waals surface area contributed by atoms with Gasteiger partial charge in [-0.3, -0.25) is 0 Å². The number of nitriles is 1. The van der Waals surface area contributed by atoms with Gasteiger partial charge >= 0.3 is 0 Å². The molecular formula is C9H7N. The van der Waals surface area contributed by atoms with Crippen LogP contribution >= 0.6 is 0 Å². The number of rotatable bonds is 0. The molecule has 1 nitrogen and oxygen atoms in total. The summed E-state index contributed by atoms with van der Waals surface area (Å²) in [5.41, 5.74) is 2.08. The maximum absolute atomic E-state index is 8.57. The second kappa shape index (κ2) is 2.53. The van der Waals surface area contributed by atoms with Crippen LogP contribution in [0.1, 0.15) is 16.7 Å². The summed E-state index contributed by atoms with van der Waals surface area (Å²) < 4.78 is 0. The Morgan fingerprint density at radius 2 is 1.70 bits per heavy atom. The number of hydrogen-bond donors (Lipinski definition) is 0. The molecule has 0 N–H and O–H groups in total. The first-order valence-electron chi connectivity index (χ1n) is 2.92. The van der Waals surface area contributed by atoms with Gasteiger partial charge in [-0.05, 0) is 25.0 Å². The molecular weight excluding hydrogens is 122 g/mol. The Bertz CT molecular complexity index is 261. The zero-order chi connectivity index (χ0) is 7.56. The van der Waals surface area contributed by atoms with Gasteiger partial charge in [0.2, 0.25) is 0 Å². The molecule has 0 aliphatic carbocycles. The summed E-state index contributed by atoms with van der Waals surface area (Å²) in [5, 5.41) is 8.57. The van der Waals surface area contributed by atoms with Gasteiger partial charge in [-0.2, -0.15) is 5.26 Å². The molecule has 0 unspecified atom stereocenters. The maximum atomic E-state index is 8.57. The molecule has 0 aliphatic heterocycles. The molecule has 1 aromatic rings. The lowest BCUT2D eigenvalue weighted by atomic mass is 10.1. The Morgan fingerprint density at radius 1 is 1.20 bits per heavy atom. The third kappa shape index (κ3) is 1.01. The number of hydrogen-bond acceptors (Lipinski definition) is 1. The lowest BCUT2D eigenvalue weighted by Crippen LogP contribution is -1.84. The van der Waals surface area contributed by atoms with E-state index in [1.807, 2.05) is 12.1 Å². The normalized spacial score (nSPS) is 8.90. The third-order valence-electron chi connectivity index (χ3n) is 1.35. The van der Waals surface area contributed by atoms with Crippen LogP contribution in [0.3, 0.4) is 0 Å². The van der Waals surface area contributed by atoms with Gasteiger partial charge in [0.25, 0.3) is 0 Å². The Kier molecular flexibility index (Phi) is 1.73.